The van der Waals surface area contributed by atoms with E-state index in [1.54, 1.807) is 0 Å². The van der Waals surface area contributed by atoms with Crippen molar-refractivity contribution in [3.8, 4) is 0 Å². The van der Waals surface area contributed by atoms with E-state index in [-0.39, 0.29) is 27.2 Å². The number of nitrogens with two attached hydrogens (primary N) is 1. The molecule has 0 heterocycles. The van der Waals surface area contributed by atoms with Gasteiger partial charge in [0.25, 0.3) is 0 Å². The molecular weight excluding hydrogens is 335 g/mol. The second-order valence-corrected chi connectivity index (χ2v) is 7.92. The highest BCUT2D eigenvalue weighted by atomic mass is 35.5. The quantitative estimate of drug-likeness (QED) is 0.604. The largest absolute Gasteiger partial charge is 0.396 e. The van der Waals surface area contributed by atoms with E-state index in [1.807, 2.05) is 0 Å². The van der Waals surface area contributed by atoms with Crippen LogP contribution in [0.5, 0.6) is 0 Å². The number of likely N-dealkylation sites (N-methyl/N-ethyl adjacent to an activating group) is 1. The first-order chi connectivity index (χ1) is 9.84. The van der Waals surface area contributed by atoms with E-state index in [1.165, 1.54) is 36.3 Å². The van der Waals surface area contributed by atoms with Gasteiger partial charge >= 0.3 is 0 Å². The van der Waals surface area contributed by atoms with Crippen molar-refractivity contribution in [3.05, 3.63) is 22.2 Å². The first kappa shape index (κ1) is 16.8. The van der Waals surface area contributed by atoms with Crippen LogP contribution < -0.4 is 5.73 Å². The van der Waals surface area contributed by atoms with Crippen LogP contribution in [0.4, 0.5) is 5.69 Å². The monoisotopic (exact) mass is 352 g/mol. The van der Waals surface area contributed by atoms with Gasteiger partial charge in [-0.15, -0.1) is 0 Å². The Kier molecular flexibility index (Phi) is 5.38. The van der Waals surface area contributed by atoms with E-state index in [0.717, 1.165) is 0 Å². The highest BCUT2D eigenvalue weighted by molar-refractivity contribution is 7.89. The second kappa shape index (κ2) is 6.71. The summed E-state index contributed by atoms with van der Waals surface area (Å²) in [7, 11) is -2.23. The summed E-state index contributed by atoms with van der Waals surface area (Å²) in [5.74, 6) is 0.650. The van der Waals surface area contributed by atoms with Gasteiger partial charge in [0.05, 0.1) is 22.3 Å². The molecule has 0 spiro atoms. The van der Waals surface area contributed by atoms with Gasteiger partial charge in [0.15, 0.2) is 0 Å². The minimum Gasteiger partial charge on any atom is -0.396 e. The molecule has 1 aromatic rings. The van der Waals surface area contributed by atoms with Gasteiger partial charge in [-0.1, -0.05) is 23.2 Å². The molecule has 0 atom stereocenters. The lowest BCUT2D eigenvalue weighted by atomic mass is 10.3. The summed E-state index contributed by atoms with van der Waals surface area (Å²) in [4.78, 5) is -0.0456. The number of hydrogen-bond donors (Lipinski definition) is 1. The Morgan fingerprint density at radius 3 is 2.67 bits per heavy atom. The van der Waals surface area contributed by atoms with Gasteiger partial charge in [-0.2, -0.15) is 4.31 Å². The molecule has 0 unspecified atom stereocenters. The van der Waals surface area contributed by atoms with Gasteiger partial charge in [-0.25, -0.2) is 8.42 Å². The predicted octanol–water partition coefficient (Wildman–Crippen LogP) is 2.62. The highest BCUT2D eigenvalue weighted by Gasteiger charge is 2.26. The van der Waals surface area contributed by atoms with Crippen LogP contribution in [0, 0.1) is 5.92 Å². The van der Waals surface area contributed by atoms with E-state index >= 15 is 0 Å². The summed E-state index contributed by atoms with van der Waals surface area (Å²) >= 11 is 11.8. The maximum Gasteiger partial charge on any atom is 0.244 e. The Bertz CT molecular complexity index is 618. The van der Waals surface area contributed by atoms with Gasteiger partial charge in [-0.05, 0) is 30.9 Å². The van der Waals surface area contributed by atoms with E-state index in [2.05, 4.69) is 0 Å². The molecule has 2 rings (SSSR count). The maximum absolute atomic E-state index is 12.4. The third kappa shape index (κ3) is 4.02. The number of sulfonamides is 1. The van der Waals surface area contributed by atoms with Crippen LogP contribution in [-0.4, -0.2) is 39.5 Å². The molecule has 1 fully saturated rings. The number of benzene rings is 1. The standard InChI is InChI=1S/C13H18Cl2N2O3S/c1-17(6-7-20-8-9-2-3-9)21(18,19)11-5-4-10(14)13(16)12(11)15/h4-5,9H,2-3,6-8,16H2,1H3. The summed E-state index contributed by atoms with van der Waals surface area (Å²) in [5.41, 5.74) is 5.74. The summed E-state index contributed by atoms with van der Waals surface area (Å²) in [5, 5.41) is 0.183. The smallest absolute Gasteiger partial charge is 0.244 e. The van der Waals surface area contributed by atoms with Crippen LogP contribution in [0.25, 0.3) is 0 Å². The third-order valence-electron chi connectivity index (χ3n) is 3.38. The summed E-state index contributed by atoms with van der Waals surface area (Å²) in [6.45, 7) is 1.31. The van der Waals surface area contributed by atoms with E-state index in [4.69, 9.17) is 33.7 Å². The van der Waals surface area contributed by atoms with E-state index in [0.29, 0.717) is 19.1 Å². The molecule has 0 radical (unpaired) electrons. The minimum absolute atomic E-state index is 0.0456. The average molecular weight is 353 g/mol. The van der Waals surface area contributed by atoms with E-state index < -0.39 is 10.0 Å². The fourth-order valence-electron chi connectivity index (χ4n) is 1.76. The molecule has 21 heavy (non-hydrogen) atoms. The fraction of sp³-hybridized carbons (Fsp3) is 0.538. The van der Waals surface area contributed by atoms with Crippen molar-refractivity contribution < 1.29 is 13.2 Å². The number of halogens is 2. The summed E-state index contributed by atoms with van der Waals surface area (Å²) in [6, 6.07) is 2.78. The molecular formula is C13H18Cl2N2O3S. The molecule has 5 nitrogen and oxygen atoms in total. The number of nitrogen functional groups attached to an aromatic ring is 1. The third-order valence-corrected chi connectivity index (χ3v) is 6.13. The van der Waals surface area contributed by atoms with Crippen molar-refractivity contribution in [2.75, 3.05) is 32.5 Å². The molecule has 0 aliphatic heterocycles. The van der Waals surface area contributed by atoms with Crippen LogP contribution >= 0.6 is 23.2 Å². The van der Waals surface area contributed by atoms with Crippen molar-refractivity contribution in [2.24, 2.45) is 5.92 Å². The molecule has 1 aliphatic rings. The topological polar surface area (TPSA) is 72.6 Å². The number of rotatable bonds is 7. The van der Waals surface area contributed by atoms with E-state index in [9.17, 15) is 8.42 Å². The Labute approximate surface area is 135 Å². The van der Waals surface area contributed by atoms with Crippen LogP contribution in [0.15, 0.2) is 17.0 Å². The Hall–Kier alpha value is -0.530. The SMILES string of the molecule is CN(CCOCC1CC1)S(=O)(=O)c1ccc(Cl)c(N)c1Cl. The van der Waals surface area contributed by atoms with Crippen LogP contribution in [0.2, 0.25) is 10.0 Å². The molecule has 2 N–H and O–H groups in total. The zero-order valence-electron chi connectivity index (χ0n) is 11.7. The molecule has 1 aliphatic carbocycles. The second-order valence-electron chi connectivity index (χ2n) is 5.12. The highest BCUT2D eigenvalue weighted by Crippen LogP contribution is 2.34. The fourth-order valence-corrected chi connectivity index (χ4v) is 3.65. The van der Waals surface area contributed by atoms with Crippen molar-refractivity contribution in [2.45, 2.75) is 17.7 Å². The summed E-state index contributed by atoms with van der Waals surface area (Å²) in [6.07, 6.45) is 2.40. The number of ether oxygens (including phenoxy) is 1. The Morgan fingerprint density at radius 1 is 1.38 bits per heavy atom. The first-order valence-electron chi connectivity index (χ1n) is 6.61. The van der Waals surface area contributed by atoms with Gasteiger partial charge in [-0.3, -0.25) is 0 Å². The minimum atomic E-state index is -3.71. The number of anilines is 1. The number of nitrogens with zero attached hydrogens (tertiary/aromatic N) is 1. The Morgan fingerprint density at radius 2 is 2.05 bits per heavy atom. The van der Waals surface area contributed by atoms with Gasteiger partial charge in [0, 0.05) is 20.2 Å². The van der Waals surface area contributed by atoms with Gasteiger partial charge in [0.1, 0.15) is 4.90 Å². The van der Waals surface area contributed by atoms with Gasteiger partial charge in [0.2, 0.25) is 10.0 Å². The molecule has 0 aromatic heterocycles. The lowest BCUT2D eigenvalue weighted by molar-refractivity contribution is 0.117. The molecule has 0 amide bonds. The van der Waals surface area contributed by atoms with Crippen molar-refractivity contribution >= 4 is 38.9 Å². The average Bonchev–Trinajstić information content (AvgIpc) is 3.24. The lowest BCUT2D eigenvalue weighted by Crippen LogP contribution is -2.30. The molecule has 0 bridgehead atoms. The van der Waals surface area contributed by atoms with Crippen LogP contribution in [-0.2, 0) is 14.8 Å². The van der Waals surface area contributed by atoms with Crippen molar-refractivity contribution in [1.29, 1.82) is 0 Å². The normalized spacial score (nSPS) is 15.6. The molecule has 1 aromatic carbocycles. The molecule has 8 heteroatoms. The zero-order valence-corrected chi connectivity index (χ0v) is 14.0. The maximum atomic E-state index is 12.4. The van der Waals surface area contributed by atoms with Gasteiger partial charge < -0.3 is 10.5 Å². The molecule has 118 valence electrons. The van der Waals surface area contributed by atoms with Crippen LogP contribution in [0.1, 0.15) is 12.8 Å². The van der Waals surface area contributed by atoms with Crippen molar-refractivity contribution in [3.63, 3.8) is 0 Å². The lowest BCUT2D eigenvalue weighted by Gasteiger charge is -2.18. The predicted molar refractivity (Wildman–Crippen MR) is 84.2 cm³/mol. The summed E-state index contributed by atoms with van der Waals surface area (Å²) < 4.78 is 31.5. The zero-order chi connectivity index (χ0) is 15.6. The molecule has 0 saturated heterocycles. The van der Waals surface area contributed by atoms with Crippen LogP contribution in [0.3, 0.4) is 0 Å². The number of hydrogen-bond acceptors (Lipinski definition) is 4. The van der Waals surface area contributed by atoms with Crippen molar-refractivity contribution in [1.82, 2.24) is 4.31 Å². The molecule has 1 saturated carbocycles. The Balaban J connectivity index is 2.03. The first-order valence-corrected chi connectivity index (χ1v) is 8.81.